The third-order valence-corrected chi connectivity index (χ3v) is 5.23. The van der Waals surface area contributed by atoms with Gasteiger partial charge in [0, 0.05) is 27.8 Å². The molecule has 3 rings (SSSR count). The van der Waals surface area contributed by atoms with Crippen molar-refractivity contribution in [1.29, 1.82) is 0 Å². The number of aryl methyl sites for hydroxylation is 1. The van der Waals surface area contributed by atoms with Gasteiger partial charge in [0.05, 0.1) is 0 Å². The largest absolute Gasteiger partial charge is 0.308 e. The van der Waals surface area contributed by atoms with Crippen LogP contribution in [-0.2, 0) is 6.42 Å². The Hall–Kier alpha value is -0.340. The lowest BCUT2D eigenvalue weighted by Gasteiger charge is -2.56. The molecule has 1 nitrogen and oxygen atoms in total. The molecule has 1 aliphatic carbocycles. The Morgan fingerprint density at radius 3 is 2.79 bits per heavy atom. The van der Waals surface area contributed by atoms with Gasteiger partial charge in [-0.15, -0.1) is 11.3 Å². The van der Waals surface area contributed by atoms with E-state index in [9.17, 15) is 0 Å². The highest BCUT2D eigenvalue weighted by molar-refractivity contribution is 7.12. The molecule has 2 heterocycles. The first-order valence-corrected chi connectivity index (χ1v) is 6.48. The van der Waals surface area contributed by atoms with Crippen LogP contribution in [0.5, 0.6) is 0 Å². The van der Waals surface area contributed by atoms with E-state index in [1.165, 1.54) is 37.1 Å². The van der Waals surface area contributed by atoms with Crippen molar-refractivity contribution < 1.29 is 0 Å². The highest BCUT2D eigenvalue weighted by Gasteiger charge is 2.51. The number of hydrogen-bond acceptors (Lipinski definition) is 2. The molecule has 1 N–H and O–H groups in total. The lowest BCUT2D eigenvalue weighted by molar-refractivity contribution is -0.00384. The van der Waals surface area contributed by atoms with E-state index in [2.05, 4.69) is 24.4 Å². The second-order valence-corrected chi connectivity index (χ2v) is 5.89. The molecule has 0 bridgehead atoms. The second kappa shape index (κ2) is 3.07. The van der Waals surface area contributed by atoms with Crippen molar-refractivity contribution in [1.82, 2.24) is 5.32 Å². The van der Waals surface area contributed by atoms with Gasteiger partial charge in [0.15, 0.2) is 0 Å². The average molecular weight is 207 g/mol. The zero-order chi connectivity index (χ0) is 9.60. The molecule has 1 aromatic heterocycles. The molecule has 0 aromatic carbocycles. The van der Waals surface area contributed by atoms with Gasteiger partial charge in [0.2, 0.25) is 0 Å². The molecule has 0 radical (unpaired) electrons. The van der Waals surface area contributed by atoms with Crippen LogP contribution in [-0.4, -0.2) is 6.54 Å². The summed E-state index contributed by atoms with van der Waals surface area (Å²) in [7, 11) is 0. The van der Waals surface area contributed by atoms with Crippen LogP contribution < -0.4 is 5.32 Å². The van der Waals surface area contributed by atoms with E-state index in [1.54, 1.807) is 4.88 Å². The van der Waals surface area contributed by atoms with Crippen LogP contribution in [0.4, 0.5) is 0 Å². The molecule has 1 aliphatic heterocycles. The molecule has 1 spiro atoms. The first kappa shape index (κ1) is 8.93. The fourth-order valence-electron chi connectivity index (χ4n) is 2.73. The predicted octanol–water partition coefficient (Wildman–Crippen LogP) is 3.13. The molecular formula is C12H17NS. The fraction of sp³-hybridized carbons (Fsp3) is 0.667. The zero-order valence-electron chi connectivity index (χ0n) is 8.68. The minimum absolute atomic E-state index is 0.676. The first-order chi connectivity index (χ1) is 6.84. The molecule has 2 aliphatic rings. The summed E-state index contributed by atoms with van der Waals surface area (Å²) >= 11 is 2.01. The summed E-state index contributed by atoms with van der Waals surface area (Å²) in [5.41, 5.74) is 0.676. The summed E-state index contributed by atoms with van der Waals surface area (Å²) in [6, 6.07) is 5.33. The Kier molecular flexibility index (Phi) is 1.96. The zero-order valence-corrected chi connectivity index (χ0v) is 9.49. The van der Waals surface area contributed by atoms with Gasteiger partial charge in [0.25, 0.3) is 0 Å². The van der Waals surface area contributed by atoms with Crippen molar-refractivity contribution in [2.45, 2.75) is 38.6 Å². The summed E-state index contributed by atoms with van der Waals surface area (Å²) in [5.74, 6) is 0. The highest BCUT2D eigenvalue weighted by Crippen LogP contribution is 2.56. The molecular weight excluding hydrogens is 190 g/mol. The van der Waals surface area contributed by atoms with Crippen LogP contribution in [0.3, 0.4) is 0 Å². The smallest absolute Gasteiger partial charge is 0.0484 e. The summed E-state index contributed by atoms with van der Waals surface area (Å²) < 4.78 is 0. The van der Waals surface area contributed by atoms with Crippen molar-refractivity contribution in [2.75, 3.05) is 6.54 Å². The Labute approximate surface area is 89.5 Å². The van der Waals surface area contributed by atoms with E-state index in [0.717, 1.165) is 0 Å². The molecule has 1 atom stereocenters. The number of nitrogens with one attached hydrogen (secondary N) is 1. The van der Waals surface area contributed by atoms with Crippen LogP contribution in [0.2, 0.25) is 0 Å². The summed E-state index contributed by atoms with van der Waals surface area (Å²) in [4.78, 5) is 3.11. The minimum atomic E-state index is 0.676. The Morgan fingerprint density at radius 1 is 1.50 bits per heavy atom. The van der Waals surface area contributed by atoms with E-state index in [0.29, 0.717) is 11.5 Å². The minimum Gasteiger partial charge on any atom is -0.308 e. The quantitative estimate of drug-likeness (QED) is 0.785. The van der Waals surface area contributed by atoms with Gasteiger partial charge in [0.1, 0.15) is 0 Å². The third-order valence-electron chi connectivity index (χ3n) is 3.94. The maximum Gasteiger partial charge on any atom is 0.0484 e. The molecule has 0 amide bonds. The molecule has 2 heteroatoms. The van der Waals surface area contributed by atoms with Crippen molar-refractivity contribution in [3.05, 3.63) is 21.9 Å². The predicted molar refractivity (Wildman–Crippen MR) is 60.7 cm³/mol. The highest BCUT2D eigenvalue weighted by atomic mass is 32.1. The normalized spacial score (nSPS) is 28.5. The van der Waals surface area contributed by atoms with Gasteiger partial charge in [-0.05, 0) is 31.4 Å². The molecule has 2 fully saturated rings. The van der Waals surface area contributed by atoms with E-state index in [-0.39, 0.29) is 0 Å². The van der Waals surface area contributed by atoms with Crippen LogP contribution >= 0.6 is 11.3 Å². The molecule has 1 saturated carbocycles. The van der Waals surface area contributed by atoms with Crippen molar-refractivity contribution in [3.8, 4) is 0 Å². The van der Waals surface area contributed by atoms with E-state index in [4.69, 9.17) is 0 Å². The molecule has 14 heavy (non-hydrogen) atoms. The van der Waals surface area contributed by atoms with E-state index < -0.39 is 0 Å². The van der Waals surface area contributed by atoms with Crippen LogP contribution in [0.15, 0.2) is 12.1 Å². The van der Waals surface area contributed by atoms with Crippen molar-refractivity contribution in [2.24, 2.45) is 5.41 Å². The Balaban J connectivity index is 1.81. The molecule has 76 valence electrons. The second-order valence-electron chi connectivity index (χ2n) is 4.69. The molecule has 1 aromatic rings. The van der Waals surface area contributed by atoms with Crippen molar-refractivity contribution >= 4 is 11.3 Å². The van der Waals surface area contributed by atoms with Crippen molar-refractivity contribution in [3.63, 3.8) is 0 Å². The summed E-state index contributed by atoms with van der Waals surface area (Å²) in [6.45, 7) is 3.50. The van der Waals surface area contributed by atoms with Crippen LogP contribution in [0.25, 0.3) is 0 Å². The van der Waals surface area contributed by atoms with Crippen LogP contribution in [0.1, 0.15) is 42.0 Å². The topological polar surface area (TPSA) is 12.0 Å². The van der Waals surface area contributed by atoms with Gasteiger partial charge < -0.3 is 5.32 Å². The van der Waals surface area contributed by atoms with Crippen LogP contribution in [0, 0.1) is 5.41 Å². The first-order valence-electron chi connectivity index (χ1n) is 5.66. The lowest BCUT2D eigenvalue weighted by atomic mass is 9.59. The van der Waals surface area contributed by atoms with Gasteiger partial charge in [-0.2, -0.15) is 0 Å². The lowest BCUT2D eigenvalue weighted by Crippen LogP contribution is -2.59. The summed E-state index contributed by atoms with van der Waals surface area (Å²) in [6.07, 6.45) is 5.53. The number of rotatable bonds is 2. The average Bonchev–Trinajstić information content (AvgIpc) is 2.48. The fourth-order valence-corrected chi connectivity index (χ4v) is 3.90. The Morgan fingerprint density at radius 2 is 2.36 bits per heavy atom. The van der Waals surface area contributed by atoms with Gasteiger partial charge >= 0.3 is 0 Å². The molecule has 1 saturated heterocycles. The number of thiophene rings is 1. The number of hydrogen-bond donors (Lipinski definition) is 1. The van der Waals surface area contributed by atoms with Gasteiger partial charge in [-0.1, -0.05) is 13.3 Å². The maximum absolute atomic E-state index is 3.60. The van der Waals surface area contributed by atoms with Gasteiger partial charge in [-0.25, -0.2) is 0 Å². The Bertz CT molecular complexity index is 332. The third kappa shape index (κ3) is 1.10. The van der Waals surface area contributed by atoms with E-state index >= 15 is 0 Å². The van der Waals surface area contributed by atoms with E-state index in [1.807, 2.05) is 11.3 Å². The maximum atomic E-state index is 3.60. The standard InChI is InChI=1S/C12H17NS/c1-2-9-4-5-10(14-9)11-12(8-13-11)6-3-7-12/h4-5,11,13H,2-3,6-8H2,1H3. The molecule has 1 unspecified atom stereocenters. The summed E-state index contributed by atoms with van der Waals surface area (Å²) in [5, 5.41) is 3.60. The monoisotopic (exact) mass is 207 g/mol. The SMILES string of the molecule is CCc1ccc(C2NCC23CCC3)s1. The van der Waals surface area contributed by atoms with Gasteiger partial charge in [-0.3, -0.25) is 0 Å².